The first-order valence-electron chi connectivity index (χ1n) is 9.04. The molecular formula is C22H20FNO4S. The van der Waals surface area contributed by atoms with Crippen molar-refractivity contribution in [3.05, 3.63) is 95.3 Å². The number of carbonyl (C=O) groups is 1. The van der Waals surface area contributed by atoms with Crippen molar-refractivity contribution in [2.24, 2.45) is 0 Å². The number of rotatable bonds is 8. The molecular weight excluding hydrogens is 393 g/mol. The zero-order valence-electron chi connectivity index (χ0n) is 15.5. The highest BCUT2D eigenvalue weighted by Crippen LogP contribution is 2.22. The summed E-state index contributed by atoms with van der Waals surface area (Å²) in [4.78, 5) is 11.3. The standard InChI is InChI=1S/C22H20FNO4S/c23-18-12-14-19(15-13-18)29(27,28)24-21-11-4-2-7-17(21)9-5-8-16-6-1-3-10-20(16)22(25)26/h1-4,6-7,10-15,24H,5,8-9H2,(H,25,26). The Kier molecular flexibility index (Phi) is 6.29. The van der Waals surface area contributed by atoms with E-state index < -0.39 is 21.8 Å². The van der Waals surface area contributed by atoms with Gasteiger partial charge < -0.3 is 5.11 Å². The van der Waals surface area contributed by atoms with Crippen molar-refractivity contribution >= 4 is 21.7 Å². The first-order valence-corrected chi connectivity index (χ1v) is 10.5. The van der Waals surface area contributed by atoms with Gasteiger partial charge in [-0.25, -0.2) is 17.6 Å². The van der Waals surface area contributed by atoms with E-state index in [2.05, 4.69) is 4.72 Å². The van der Waals surface area contributed by atoms with Gasteiger partial charge in [0.15, 0.2) is 0 Å². The second kappa shape index (κ2) is 8.87. The van der Waals surface area contributed by atoms with Crippen molar-refractivity contribution in [1.29, 1.82) is 0 Å². The van der Waals surface area contributed by atoms with Crippen molar-refractivity contribution in [2.75, 3.05) is 4.72 Å². The molecule has 0 atom stereocenters. The summed E-state index contributed by atoms with van der Waals surface area (Å²) in [6, 6.07) is 18.5. The van der Waals surface area contributed by atoms with E-state index >= 15 is 0 Å². The van der Waals surface area contributed by atoms with E-state index in [0.29, 0.717) is 24.9 Å². The van der Waals surface area contributed by atoms with Gasteiger partial charge in [-0.2, -0.15) is 0 Å². The molecule has 2 N–H and O–H groups in total. The number of anilines is 1. The van der Waals surface area contributed by atoms with Crippen LogP contribution in [-0.2, 0) is 22.9 Å². The van der Waals surface area contributed by atoms with Gasteiger partial charge in [-0.3, -0.25) is 4.72 Å². The molecule has 0 aromatic heterocycles. The first kappa shape index (κ1) is 20.5. The largest absolute Gasteiger partial charge is 0.478 e. The minimum absolute atomic E-state index is 0.0240. The van der Waals surface area contributed by atoms with Crippen molar-refractivity contribution in [3.8, 4) is 0 Å². The van der Waals surface area contributed by atoms with E-state index in [9.17, 15) is 22.7 Å². The van der Waals surface area contributed by atoms with Crippen LogP contribution in [0.3, 0.4) is 0 Å². The van der Waals surface area contributed by atoms with Crippen LogP contribution < -0.4 is 4.72 Å². The van der Waals surface area contributed by atoms with Crippen LogP contribution in [0.5, 0.6) is 0 Å². The Labute approximate surface area is 168 Å². The lowest BCUT2D eigenvalue weighted by molar-refractivity contribution is 0.0695. The molecule has 0 spiro atoms. The van der Waals surface area contributed by atoms with Gasteiger partial charge in [0, 0.05) is 0 Å². The highest BCUT2D eigenvalue weighted by molar-refractivity contribution is 7.92. The molecule has 7 heteroatoms. The maximum Gasteiger partial charge on any atom is 0.335 e. The van der Waals surface area contributed by atoms with Crippen molar-refractivity contribution in [1.82, 2.24) is 0 Å². The summed E-state index contributed by atoms with van der Waals surface area (Å²) in [5.41, 5.74) is 2.26. The number of aromatic carboxylic acids is 1. The summed E-state index contributed by atoms with van der Waals surface area (Å²) in [6.45, 7) is 0. The normalized spacial score (nSPS) is 11.2. The highest BCUT2D eigenvalue weighted by atomic mass is 32.2. The number of sulfonamides is 1. The Morgan fingerprint density at radius 1 is 0.862 bits per heavy atom. The molecule has 0 radical (unpaired) electrons. The fraction of sp³-hybridized carbons (Fsp3) is 0.136. The topological polar surface area (TPSA) is 83.5 Å². The third-order valence-electron chi connectivity index (χ3n) is 4.53. The molecule has 3 aromatic rings. The molecule has 5 nitrogen and oxygen atoms in total. The number of benzene rings is 3. The van der Waals surface area contributed by atoms with E-state index in [4.69, 9.17) is 0 Å². The molecule has 0 aliphatic rings. The fourth-order valence-electron chi connectivity index (χ4n) is 3.07. The van der Waals surface area contributed by atoms with Crippen LogP contribution in [0, 0.1) is 5.82 Å². The number of hydrogen-bond acceptors (Lipinski definition) is 3. The third-order valence-corrected chi connectivity index (χ3v) is 5.91. The fourth-order valence-corrected chi connectivity index (χ4v) is 4.17. The van der Waals surface area contributed by atoms with Gasteiger partial charge in [0.1, 0.15) is 5.82 Å². The average molecular weight is 413 g/mol. The maximum absolute atomic E-state index is 13.1. The van der Waals surface area contributed by atoms with Crippen LogP contribution in [0.15, 0.2) is 77.7 Å². The summed E-state index contributed by atoms with van der Waals surface area (Å²) >= 11 is 0. The number of nitrogens with one attached hydrogen (secondary N) is 1. The minimum atomic E-state index is -3.84. The number of carboxylic acids is 1. The van der Waals surface area contributed by atoms with Crippen LogP contribution in [0.1, 0.15) is 27.9 Å². The second-order valence-corrected chi connectivity index (χ2v) is 8.21. The smallest absolute Gasteiger partial charge is 0.335 e. The molecule has 0 aliphatic carbocycles. The Hall–Kier alpha value is -3.19. The Morgan fingerprint density at radius 3 is 2.14 bits per heavy atom. The molecule has 0 heterocycles. The van der Waals surface area contributed by atoms with Gasteiger partial charge in [0.2, 0.25) is 0 Å². The maximum atomic E-state index is 13.1. The van der Waals surface area contributed by atoms with Crippen molar-refractivity contribution < 1.29 is 22.7 Å². The Morgan fingerprint density at radius 2 is 1.45 bits per heavy atom. The number of aryl methyl sites for hydroxylation is 2. The van der Waals surface area contributed by atoms with Gasteiger partial charge in [-0.15, -0.1) is 0 Å². The highest BCUT2D eigenvalue weighted by Gasteiger charge is 2.16. The van der Waals surface area contributed by atoms with Gasteiger partial charge in [-0.1, -0.05) is 36.4 Å². The van der Waals surface area contributed by atoms with E-state index in [-0.39, 0.29) is 10.5 Å². The molecule has 150 valence electrons. The predicted octanol–water partition coefficient (Wildman–Crippen LogP) is 4.50. The zero-order chi connectivity index (χ0) is 20.9. The van der Waals surface area contributed by atoms with E-state index in [1.807, 2.05) is 12.1 Å². The van der Waals surface area contributed by atoms with Crippen LogP contribution >= 0.6 is 0 Å². The van der Waals surface area contributed by atoms with Crippen LogP contribution in [0.4, 0.5) is 10.1 Å². The van der Waals surface area contributed by atoms with Crippen LogP contribution in [-0.4, -0.2) is 19.5 Å². The van der Waals surface area contributed by atoms with Crippen molar-refractivity contribution in [3.63, 3.8) is 0 Å². The van der Waals surface area contributed by atoms with Gasteiger partial charge in [0.05, 0.1) is 16.1 Å². The van der Waals surface area contributed by atoms with E-state index in [1.54, 1.807) is 36.4 Å². The molecule has 3 rings (SSSR count). The first-order chi connectivity index (χ1) is 13.9. The molecule has 0 saturated heterocycles. The number of para-hydroxylation sites is 1. The van der Waals surface area contributed by atoms with Gasteiger partial charge in [0.25, 0.3) is 10.0 Å². The summed E-state index contributed by atoms with van der Waals surface area (Å²) < 4.78 is 40.8. The number of hydrogen-bond donors (Lipinski definition) is 2. The third kappa shape index (κ3) is 5.20. The predicted molar refractivity (Wildman–Crippen MR) is 109 cm³/mol. The second-order valence-electron chi connectivity index (χ2n) is 6.53. The summed E-state index contributed by atoms with van der Waals surface area (Å²) in [7, 11) is -3.84. The molecule has 0 bridgehead atoms. The molecule has 3 aromatic carbocycles. The minimum Gasteiger partial charge on any atom is -0.478 e. The molecule has 29 heavy (non-hydrogen) atoms. The lowest BCUT2D eigenvalue weighted by atomic mass is 9.99. The average Bonchev–Trinajstić information content (AvgIpc) is 2.69. The van der Waals surface area contributed by atoms with Crippen molar-refractivity contribution in [2.45, 2.75) is 24.2 Å². The van der Waals surface area contributed by atoms with Crippen LogP contribution in [0.25, 0.3) is 0 Å². The Balaban J connectivity index is 1.73. The van der Waals surface area contributed by atoms with E-state index in [1.165, 1.54) is 12.1 Å². The number of carboxylic acid groups (broad SMARTS) is 1. The summed E-state index contributed by atoms with van der Waals surface area (Å²) in [5, 5.41) is 9.28. The number of halogens is 1. The lowest BCUT2D eigenvalue weighted by Crippen LogP contribution is -2.14. The Bertz CT molecular complexity index is 1110. The van der Waals surface area contributed by atoms with Gasteiger partial charge in [-0.05, 0) is 66.8 Å². The summed E-state index contributed by atoms with van der Waals surface area (Å²) in [5.74, 6) is -1.47. The zero-order valence-corrected chi connectivity index (χ0v) is 16.3. The molecule has 0 fully saturated rings. The molecule has 0 amide bonds. The monoisotopic (exact) mass is 413 g/mol. The SMILES string of the molecule is O=C(O)c1ccccc1CCCc1ccccc1NS(=O)(=O)c1ccc(F)cc1. The molecule has 0 aliphatic heterocycles. The van der Waals surface area contributed by atoms with E-state index in [0.717, 1.165) is 23.3 Å². The summed E-state index contributed by atoms with van der Waals surface area (Å²) in [6.07, 6.45) is 1.77. The quantitative estimate of drug-likeness (QED) is 0.570. The lowest BCUT2D eigenvalue weighted by Gasteiger charge is -2.13. The van der Waals surface area contributed by atoms with Crippen LogP contribution in [0.2, 0.25) is 0 Å². The van der Waals surface area contributed by atoms with Gasteiger partial charge >= 0.3 is 5.97 Å². The molecule has 0 saturated carbocycles. The molecule has 0 unspecified atom stereocenters.